The van der Waals surface area contributed by atoms with Gasteiger partial charge in [0.15, 0.2) is 0 Å². The van der Waals surface area contributed by atoms with Crippen LogP contribution in [0.3, 0.4) is 0 Å². The number of benzene rings is 1. The molecule has 2 heterocycles. The first-order chi connectivity index (χ1) is 13.1. The molecular formula is C21H27N3O2S. The molecule has 0 bridgehead atoms. The van der Waals surface area contributed by atoms with Crippen molar-refractivity contribution in [3.63, 3.8) is 0 Å². The Hall–Kier alpha value is -2.34. The SMILES string of the molecule is CCC(C)NC(=O)c1cc(NC(=O)Cc2cccs2)ccc1N1CCCC1. The molecular weight excluding hydrogens is 358 g/mol. The van der Waals surface area contributed by atoms with Crippen molar-refractivity contribution in [2.24, 2.45) is 0 Å². The lowest BCUT2D eigenvalue weighted by atomic mass is 10.1. The first-order valence-electron chi connectivity index (χ1n) is 9.59. The Labute approximate surface area is 164 Å². The summed E-state index contributed by atoms with van der Waals surface area (Å²) in [5.74, 6) is -0.153. The summed E-state index contributed by atoms with van der Waals surface area (Å²) in [4.78, 5) is 28.4. The number of carbonyl (C=O) groups excluding carboxylic acids is 2. The molecule has 0 saturated carbocycles. The summed E-state index contributed by atoms with van der Waals surface area (Å²) in [5.41, 5.74) is 2.24. The largest absolute Gasteiger partial charge is 0.371 e. The molecule has 0 spiro atoms. The Morgan fingerprint density at radius 1 is 1.22 bits per heavy atom. The van der Waals surface area contributed by atoms with Crippen LogP contribution in [0.4, 0.5) is 11.4 Å². The van der Waals surface area contributed by atoms with Gasteiger partial charge in [-0.15, -0.1) is 11.3 Å². The lowest BCUT2D eigenvalue weighted by Crippen LogP contribution is -2.33. The lowest BCUT2D eigenvalue weighted by molar-refractivity contribution is -0.115. The molecule has 2 N–H and O–H groups in total. The number of amides is 2. The van der Waals surface area contributed by atoms with E-state index >= 15 is 0 Å². The summed E-state index contributed by atoms with van der Waals surface area (Å²) in [6.07, 6.45) is 3.51. The molecule has 3 rings (SSSR count). The molecule has 1 unspecified atom stereocenters. The molecule has 27 heavy (non-hydrogen) atoms. The van der Waals surface area contributed by atoms with Crippen LogP contribution in [-0.2, 0) is 11.2 Å². The van der Waals surface area contributed by atoms with E-state index < -0.39 is 0 Å². The van der Waals surface area contributed by atoms with E-state index in [2.05, 4.69) is 15.5 Å². The highest BCUT2D eigenvalue weighted by Gasteiger charge is 2.21. The van der Waals surface area contributed by atoms with Crippen LogP contribution in [0.5, 0.6) is 0 Å². The van der Waals surface area contributed by atoms with E-state index in [4.69, 9.17) is 0 Å². The van der Waals surface area contributed by atoms with Gasteiger partial charge in [0.25, 0.3) is 5.91 Å². The number of hydrogen-bond acceptors (Lipinski definition) is 4. The highest BCUT2D eigenvalue weighted by molar-refractivity contribution is 7.10. The second-order valence-corrected chi connectivity index (χ2v) is 8.05. The zero-order valence-corrected chi connectivity index (χ0v) is 16.8. The van der Waals surface area contributed by atoms with Crippen molar-refractivity contribution in [2.45, 2.75) is 45.6 Å². The van der Waals surface area contributed by atoms with Crippen molar-refractivity contribution in [3.8, 4) is 0 Å². The summed E-state index contributed by atoms with van der Waals surface area (Å²) in [5, 5.41) is 7.94. The Kier molecular flexibility index (Phi) is 6.50. The van der Waals surface area contributed by atoms with E-state index in [1.807, 2.05) is 43.5 Å². The molecule has 1 fully saturated rings. The summed E-state index contributed by atoms with van der Waals surface area (Å²) in [6.45, 7) is 5.98. The second kappa shape index (κ2) is 9.04. The average molecular weight is 386 g/mol. The topological polar surface area (TPSA) is 61.4 Å². The highest BCUT2D eigenvalue weighted by atomic mass is 32.1. The Balaban J connectivity index is 1.79. The first kappa shape index (κ1) is 19.4. The van der Waals surface area contributed by atoms with Gasteiger partial charge in [-0.25, -0.2) is 0 Å². The lowest BCUT2D eigenvalue weighted by Gasteiger charge is -2.23. The number of anilines is 2. The van der Waals surface area contributed by atoms with Crippen LogP contribution in [0.2, 0.25) is 0 Å². The monoisotopic (exact) mass is 385 g/mol. The predicted molar refractivity (Wildman–Crippen MR) is 112 cm³/mol. The minimum Gasteiger partial charge on any atom is -0.371 e. The Morgan fingerprint density at radius 3 is 2.67 bits per heavy atom. The maximum atomic E-state index is 12.8. The summed E-state index contributed by atoms with van der Waals surface area (Å²) in [6, 6.07) is 9.65. The Morgan fingerprint density at radius 2 is 2.00 bits per heavy atom. The van der Waals surface area contributed by atoms with Gasteiger partial charge in [0.1, 0.15) is 0 Å². The van der Waals surface area contributed by atoms with Gasteiger partial charge in [0.05, 0.1) is 12.0 Å². The predicted octanol–water partition coefficient (Wildman–Crippen LogP) is 4.06. The molecule has 5 nitrogen and oxygen atoms in total. The molecule has 1 aliphatic rings. The minimum absolute atomic E-state index is 0.0698. The summed E-state index contributed by atoms with van der Waals surface area (Å²) in [7, 11) is 0. The van der Waals surface area contributed by atoms with Gasteiger partial charge in [0.2, 0.25) is 5.91 Å². The molecule has 0 radical (unpaired) electrons. The number of hydrogen-bond donors (Lipinski definition) is 2. The molecule has 1 aromatic heterocycles. The average Bonchev–Trinajstić information content (AvgIpc) is 3.35. The number of nitrogens with one attached hydrogen (secondary N) is 2. The molecule has 6 heteroatoms. The van der Waals surface area contributed by atoms with Crippen molar-refractivity contribution in [3.05, 3.63) is 46.2 Å². The number of carbonyl (C=O) groups is 2. The maximum absolute atomic E-state index is 12.8. The fraction of sp³-hybridized carbons (Fsp3) is 0.429. The zero-order chi connectivity index (χ0) is 19.2. The van der Waals surface area contributed by atoms with Crippen molar-refractivity contribution in [1.82, 2.24) is 5.32 Å². The number of nitrogens with zero attached hydrogens (tertiary/aromatic N) is 1. The number of thiophene rings is 1. The van der Waals surface area contributed by atoms with E-state index in [0.717, 1.165) is 42.9 Å². The second-order valence-electron chi connectivity index (χ2n) is 7.01. The molecule has 1 aromatic carbocycles. The van der Waals surface area contributed by atoms with Gasteiger partial charge < -0.3 is 15.5 Å². The summed E-state index contributed by atoms with van der Waals surface area (Å²) >= 11 is 1.57. The van der Waals surface area contributed by atoms with Gasteiger partial charge >= 0.3 is 0 Å². The maximum Gasteiger partial charge on any atom is 0.253 e. The third-order valence-corrected chi connectivity index (χ3v) is 5.75. The van der Waals surface area contributed by atoms with Crippen LogP contribution in [0.1, 0.15) is 48.3 Å². The van der Waals surface area contributed by atoms with Gasteiger partial charge in [0, 0.05) is 35.4 Å². The standard InChI is InChI=1S/C21H27N3O2S/c1-3-15(2)22-21(26)18-13-16(8-9-19(18)24-10-4-5-11-24)23-20(25)14-17-7-6-12-27-17/h6-9,12-13,15H,3-5,10-11,14H2,1-2H3,(H,22,26)(H,23,25). The van der Waals surface area contributed by atoms with E-state index in [1.54, 1.807) is 17.4 Å². The van der Waals surface area contributed by atoms with Crippen LogP contribution in [0.15, 0.2) is 35.7 Å². The van der Waals surface area contributed by atoms with Gasteiger partial charge in [-0.3, -0.25) is 9.59 Å². The van der Waals surface area contributed by atoms with Crippen molar-refractivity contribution in [1.29, 1.82) is 0 Å². The van der Waals surface area contributed by atoms with Gasteiger partial charge in [-0.05, 0) is 55.8 Å². The van der Waals surface area contributed by atoms with Crippen molar-refractivity contribution >= 4 is 34.5 Å². The molecule has 144 valence electrons. The molecule has 1 saturated heterocycles. The van der Waals surface area contributed by atoms with E-state index in [9.17, 15) is 9.59 Å². The van der Waals surface area contributed by atoms with E-state index in [1.165, 1.54) is 0 Å². The van der Waals surface area contributed by atoms with Crippen LogP contribution in [-0.4, -0.2) is 30.9 Å². The quantitative estimate of drug-likeness (QED) is 0.756. The first-order valence-corrected chi connectivity index (χ1v) is 10.5. The highest BCUT2D eigenvalue weighted by Crippen LogP contribution is 2.28. The van der Waals surface area contributed by atoms with Gasteiger partial charge in [-0.1, -0.05) is 13.0 Å². The van der Waals surface area contributed by atoms with Crippen molar-refractivity contribution < 1.29 is 9.59 Å². The van der Waals surface area contributed by atoms with Crippen LogP contribution < -0.4 is 15.5 Å². The van der Waals surface area contributed by atoms with Gasteiger partial charge in [-0.2, -0.15) is 0 Å². The molecule has 1 atom stereocenters. The van der Waals surface area contributed by atoms with Crippen LogP contribution in [0.25, 0.3) is 0 Å². The molecule has 1 aliphatic heterocycles. The minimum atomic E-state index is -0.0828. The number of rotatable bonds is 7. The van der Waals surface area contributed by atoms with E-state index in [-0.39, 0.29) is 17.9 Å². The third-order valence-electron chi connectivity index (χ3n) is 4.88. The normalized spacial score (nSPS) is 14.8. The van der Waals surface area contributed by atoms with Crippen LogP contribution in [0, 0.1) is 0 Å². The molecule has 0 aliphatic carbocycles. The van der Waals surface area contributed by atoms with Crippen molar-refractivity contribution in [2.75, 3.05) is 23.3 Å². The molecule has 2 aromatic rings. The fourth-order valence-corrected chi connectivity index (χ4v) is 3.91. The van der Waals surface area contributed by atoms with E-state index in [0.29, 0.717) is 17.7 Å². The smallest absolute Gasteiger partial charge is 0.253 e. The fourth-order valence-electron chi connectivity index (χ4n) is 3.21. The van der Waals surface area contributed by atoms with Crippen LogP contribution >= 0.6 is 11.3 Å². The Bertz CT molecular complexity index is 783. The zero-order valence-electron chi connectivity index (χ0n) is 16.0. The summed E-state index contributed by atoms with van der Waals surface area (Å²) < 4.78 is 0. The molecule has 2 amide bonds. The third kappa shape index (κ3) is 5.10.